The fourth-order valence-electron chi connectivity index (χ4n) is 3.23. The van der Waals surface area contributed by atoms with Crippen LogP contribution in [0.4, 0.5) is 4.39 Å². The Morgan fingerprint density at radius 3 is 2.88 bits per heavy atom. The van der Waals surface area contributed by atoms with Gasteiger partial charge in [0.15, 0.2) is 17.7 Å². The Kier molecular flexibility index (Phi) is 4.15. The lowest BCUT2D eigenvalue weighted by Crippen LogP contribution is -2.39. The van der Waals surface area contributed by atoms with Gasteiger partial charge in [0.1, 0.15) is 0 Å². The highest BCUT2D eigenvalue weighted by atomic mass is 19.1. The van der Waals surface area contributed by atoms with Gasteiger partial charge in [0.25, 0.3) is 5.91 Å². The molecule has 1 aromatic heterocycles. The molecule has 1 saturated carbocycles. The molecule has 0 unspecified atom stereocenters. The molecule has 25 heavy (non-hydrogen) atoms. The van der Waals surface area contributed by atoms with Gasteiger partial charge in [-0.25, -0.2) is 9.07 Å². The average Bonchev–Trinajstić information content (AvgIpc) is 3.15. The molecule has 1 aliphatic carbocycles. The van der Waals surface area contributed by atoms with Crippen molar-refractivity contribution in [1.29, 1.82) is 0 Å². The lowest BCUT2D eigenvalue weighted by Gasteiger charge is -2.22. The molecule has 1 amide bonds. The van der Waals surface area contributed by atoms with E-state index in [-0.39, 0.29) is 17.7 Å². The molecule has 2 fully saturated rings. The number of halogens is 1. The Bertz CT molecular complexity index is 774. The lowest BCUT2D eigenvalue weighted by atomic mass is 10.2. The third kappa shape index (κ3) is 3.36. The number of nitrogens with zero attached hydrogens (tertiary/aromatic N) is 4. The molecule has 1 aromatic carbocycles. The summed E-state index contributed by atoms with van der Waals surface area (Å²) in [5.41, 5.74) is 1.06. The number of hydrogen-bond acceptors (Lipinski definition) is 4. The number of benzene rings is 1. The zero-order chi connectivity index (χ0) is 17.4. The summed E-state index contributed by atoms with van der Waals surface area (Å²) in [6.45, 7) is 2.88. The minimum atomic E-state index is -0.728. The minimum absolute atomic E-state index is 0.101. The SMILES string of the molecule is C[C@@H](Oc1ccccc1F)C(=O)N1CC[C@@H](n2cc(C3CC3)nn2)C1. The normalized spacial score (nSPS) is 21.4. The highest BCUT2D eigenvalue weighted by molar-refractivity contribution is 5.81. The van der Waals surface area contributed by atoms with Crippen molar-refractivity contribution in [2.24, 2.45) is 0 Å². The second-order valence-corrected chi connectivity index (χ2v) is 6.81. The number of carbonyl (C=O) groups is 1. The van der Waals surface area contributed by atoms with Crippen molar-refractivity contribution >= 4 is 5.91 Å². The van der Waals surface area contributed by atoms with Crippen LogP contribution < -0.4 is 4.74 Å². The van der Waals surface area contributed by atoms with Crippen LogP contribution in [-0.4, -0.2) is 45.0 Å². The van der Waals surface area contributed by atoms with Gasteiger partial charge in [-0.1, -0.05) is 17.3 Å². The smallest absolute Gasteiger partial charge is 0.263 e. The average molecular weight is 344 g/mol. The summed E-state index contributed by atoms with van der Waals surface area (Å²) in [7, 11) is 0. The maximum Gasteiger partial charge on any atom is 0.263 e. The van der Waals surface area contributed by atoms with Crippen LogP contribution >= 0.6 is 0 Å². The highest BCUT2D eigenvalue weighted by Gasteiger charge is 2.33. The zero-order valence-electron chi connectivity index (χ0n) is 14.1. The number of para-hydroxylation sites is 1. The van der Waals surface area contributed by atoms with Gasteiger partial charge in [0.2, 0.25) is 0 Å². The van der Waals surface area contributed by atoms with E-state index in [1.54, 1.807) is 24.0 Å². The van der Waals surface area contributed by atoms with Crippen LogP contribution in [0.1, 0.15) is 43.8 Å². The standard InChI is InChI=1S/C18H21FN4O2/c1-12(25-17-5-3-2-4-15(17)19)18(24)22-9-8-14(10-22)23-11-16(20-21-23)13-6-7-13/h2-5,11-14H,6-10H2,1H3/t12-,14-/m1/s1. The van der Waals surface area contributed by atoms with Crippen LogP contribution in [0.5, 0.6) is 5.75 Å². The zero-order valence-corrected chi connectivity index (χ0v) is 14.1. The summed E-state index contributed by atoms with van der Waals surface area (Å²) in [4.78, 5) is 14.4. The molecule has 6 nitrogen and oxygen atoms in total. The van der Waals surface area contributed by atoms with Crippen molar-refractivity contribution in [2.75, 3.05) is 13.1 Å². The molecule has 2 aromatic rings. The quantitative estimate of drug-likeness (QED) is 0.836. The van der Waals surface area contributed by atoms with Gasteiger partial charge in [0, 0.05) is 25.2 Å². The molecular formula is C18H21FN4O2. The Hall–Kier alpha value is -2.44. The van der Waals surface area contributed by atoms with Crippen LogP contribution in [0.2, 0.25) is 0 Å². The van der Waals surface area contributed by atoms with E-state index in [0.717, 1.165) is 12.1 Å². The Morgan fingerprint density at radius 1 is 1.32 bits per heavy atom. The second-order valence-electron chi connectivity index (χ2n) is 6.81. The van der Waals surface area contributed by atoms with E-state index in [2.05, 4.69) is 10.3 Å². The summed E-state index contributed by atoms with van der Waals surface area (Å²) < 4.78 is 21.1. The number of likely N-dealkylation sites (tertiary alicyclic amines) is 1. The van der Waals surface area contributed by atoms with Gasteiger partial charge < -0.3 is 9.64 Å². The minimum Gasteiger partial charge on any atom is -0.478 e. The topological polar surface area (TPSA) is 60.2 Å². The molecule has 0 bridgehead atoms. The third-order valence-electron chi connectivity index (χ3n) is 4.86. The molecule has 0 N–H and O–H groups in total. The van der Waals surface area contributed by atoms with Crippen molar-refractivity contribution in [1.82, 2.24) is 19.9 Å². The van der Waals surface area contributed by atoms with E-state index >= 15 is 0 Å². The number of ether oxygens (including phenoxy) is 1. The first kappa shape index (κ1) is 16.1. The van der Waals surface area contributed by atoms with Gasteiger partial charge in [-0.3, -0.25) is 4.79 Å². The van der Waals surface area contributed by atoms with Gasteiger partial charge >= 0.3 is 0 Å². The van der Waals surface area contributed by atoms with Crippen LogP contribution in [0.25, 0.3) is 0 Å². The molecule has 1 aliphatic heterocycles. The molecule has 1 saturated heterocycles. The number of amides is 1. The molecule has 2 atom stereocenters. The molecule has 2 heterocycles. The van der Waals surface area contributed by atoms with Crippen LogP contribution in [0.15, 0.2) is 30.5 Å². The summed E-state index contributed by atoms with van der Waals surface area (Å²) in [5, 5.41) is 8.46. The predicted molar refractivity (Wildman–Crippen MR) is 88.7 cm³/mol. The van der Waals surface area contributed by atoms with Crippen molar-refractivity contribution in [3.05, 3.63) is 42.0 Å². The number of hydrogen-bond donors (Lipinski definition) is 0. The molecule has 0 spiro atoms. The van der Waals surface area contributed by atoms with E-state index in [9.17, 15) is 9.18 Å². The molecule has 132 valence electrons. The summed E-state index contributed by atoms with van der Waals surface area (Å²) in [5.74, 6) is 0.0801. The van der Waals surface area contributed by atoms with Crippen molar-refractivity contribution in [2.45, 2.75) is 44.2 Å². The monoisotopic (exact) mass is 344 g/mol. The van der Waals surface area contributed by atoms with Crippen molar-refractivity contribution in [3.8, 4) is 5.75 Å². The Morgan fingerprint density at radius 2 is 2.12 bits per heavy atom. The summed E-state index contributed by atoms with van der Waals surface area (Å²) >= 11 is 0. The first-order valence-electron chi connectivity index (χ1n) is 8.73. The summed E-state index contributed by atoms with van der Waals surface area (Å²) in [6, 6.07) is 6.27. The number of rotatable bonds is 5. The number of aromatic nitrogens is 3. The van der Waals surface area contributed by atoms with E-state index in [0.29, 0.717) is 19.0 Å². The molecular weight excluding hydrogens is 323 g/mol. The van der Waals surface area contributed by atoms with Crippen LogP contribution in [-0.2, 0) is 4.79 Å². The van der Waals surface area contributed by atoms with Gasteiger partial charge in [-0.05, 0) is 38.3 Å². The fraction of sp³-hybridized carbons (Fsp3) is 0.500. The first-order valence-corrected chi connectivity index (χ1v) is 8.73. The largest absolute Gasteiger partial charge is 0.478 e. The van der Waals surface area contributed by atoms with Gasteiger partial charge in [-0.15, -0.1) is 5.10 Å². The van der Waals surface area contributed by atoms with Crippen molar-refractivity contribution in [3.63, 3.8) is 0 Å². The third-order valence-corrected chi connectivity index (χ3v) is 4.86. The van der Waals surface area contributed by atoms with E-state index < -0.39 is 11.9 Å². The Balaban J connectivity index is 1.37. The maximum atomic E-state index is 13.7. The molecule has 7 heteroatoms. The van der Waals surface area contributed by atoms with Gasteiger partial charge in [-0.2, -0.15) is 0 Å². The lowest BCUT2D eigenvalue weighted by molar-refractivity contribution is -0.137. The summed E-state index contributed by atoms with van der Waals surface area (Å²) in [6.07, 6.45) is 4.51. The second kappa shape index (κ2) is 6.46. The van der Waals surface area contributed by atoms with Crippen LogP contribution in [0.3, 0.4) is 0 Å². The number of carbonyl (C=O) groups excluding carboxylic acids is 1. The Labute approximate surface area is 145 Å². The predicted octanol–water partition coefficient (Wildman–Crippen LogP) is 2.54. The van der Waals surface area contributed by atoms with Gasteiger partial charge in [0.05, 0.1) is 11.7 Å². The molecule has 2 aliphatic rings. The molecule has 0 radical (unpaired) electrons. The van der Waals surface area contributed by atoms with E-state index in [1.807, 2.05) is 10.9 Å². The molecule has 4 rings (SSSR count). The van der Waals surface area contributed by atoms with E-state index in [4.69, 9.17) is 4.74 Å². The fourth-order valence-corrected chi connectivity index (χ4v) is 3.23. The van der Waals surface area contributed by atoms with Crippen LogP contribution in [0, 0.1) is 5.82 Å². The first-order chi connectivity index (χ1) is 12.1. The highest BCUT2D eigenvalue weighted by Crippen LogP contribution is 2.39. The van der Waals surface area contributed by atoms with Crippen molar-refractivity contribution < 1.29 is 13.9 Å². The van der Waals surface area contributed by atoms with E-state index in [1.165, 1.54) is 25.0 Å². The maximum absolute atomic E-state index is 13.7.